The van der Waals surface area contributed by atoms with E-state index in [1.54, 1.807) is 12.1 Å². The van der Waals surface area contributed by atoms with Crippen LogP contribution in [-0.2, 0) is 0 Å². The molecular formula is C13H18N2O. The molecule has 0 unspecified atom stereocenters. The first kappa shape index (κ1) is 12.4. The minimum Gasteiger partial charge on any atom is -0.506 e. The number of nitriles is 1. The Hall–Kier alpha value is -1.69. The summed E-state index contributed by atoms with van der Waals surface area (Å²) in [7, 11) is 0. The van der Waals surface area contributed by atoms with Crippen LogP contribution in [0.15, 0.2) is 18.2 Å². The summed E-state index contributed by atoms with van der Waals surface area (Å²) in [5, 5.41) is 21.8. The van der Waals surface area contributed by atoms with Crippen molar-refractivity contribution in [3.05, 3.63) is 23.8 Å². The quantitative estimate of drug-likeness (QED) is 0.764. The number of rotatable bonds is 4. The Labute approximate surface area is 96.7 Å². The molecular weight excluding hydrogens is 200 g/mol. The minimum absolute atomic E-state index is 0.198. The van der Waals surface area contributed by atoms with Gasteiger partial charge in [0.1, 0.15) is 11.8 Å². The molecule has 3 nitrogen and oxygen atoms in total. The molecule has 0 heterocycles. The highest BCUT2D eigenvalue weighted by atomic mass is 16.3. The summed E-state index contributed by atoms with van der Waals surface area (Å²) in [6.07, 6.45) is 0.768. The summed E-state index contributed by atoms with van der Waals surface area (Å²) < 4.78 is 0. The summed E-state index contributed by atoms with van der Waals surface area (Å²) in [5.41, 5.74) is 1.61. The Morgan fingerprint density at radius 2 is 2.12 bits per heavy atom. The molecule has 0 radical (unpaired) electrons. The molecule has 1 aromatic rings. The van der Waals surface area contributed by atoms with E-state index >= 15 is 0 Å². The standard InChI is InChI=1S/C13H18N2O/c1-9(2)7-11(8-14)15-13-10(3)5-4-6-12(13)16/h4-6,9,11,15-16H,7H2,1-3H3/t11-/m1/s1. The first-order valence-electron chi connectivity index (χ1n) is 5.49. The molecule has 1 aromatic carbocycles. The summed E-state index contributed by atoms with van der Waals surface area (Å²) in [4.78, 5) is 0. The Bertz CT molecular complexity index is 373. The lowest BCUT2D eigenvalue weighted by atomic mass is 10.0. The van der Waals surface area contributed by atoms with E-state index in [2.05, 4.69) is 25.2 Å². The van der Waals surface area contributed by atoms with Crippen molar-refractivity contribution in [1.29, 1.82) is 5.26 Å². The first-order chi connectivity index (χ1) is 7.54. The van der Waals surface area contributed by atoms with Gasteiger partial charge in [0.25, 0.3) is 0 Å². The van der Waals surface area contributed by atoms with Crippen molar-refractivity contribution >= 4 is 5.69 Å². The van der Waals surface area contributed by atoms with E-state index in [0.29, 0.717) is 11.6 Å². The third-order valence-corrected chi connectivity index (χ3v) is 2.43. The average molecular weight is 218 g/mol. The second-order valence-corrected chi connectivity index (χ2v) is 4.42. The van der Waals surface area contributed by atoms with Crippen molar-refractivity contribution in [1.82, 2.24) is 0 Å². The molecule has 0 spiro atoms. The number of phenolic OH excluding ortho intramolecular Hbond substituents is 1. The summed E-state index contributed by atoms with van der Waals surface area (Å²) in [6, 6.07) is 7.28. The van der Waals surface area contributed by atoms with Crippen molar-refractivity contribution in [3.8, 4) is 11.8 Å². The number of nitrogens with one attached hydrogen (secondary N) is 1. The van der Waals surface area contributed by atoms with Gasteiger partial charge in [0, 0.05) is 0 Å². The van der Waals surface area contributed by atoms with Gasteiger partial charge in [-0.3, -0.25) is 0 Å². The van der Waals surface area contributed by atoms with Gasteiger partial charge in [-0.2, -0.15) is 5.26 Å². The molecule has 2 N–H and O–H groups in total. The van der Waals surface area contributed by atoms with Gasteiger partial charge in [0.05, 0.1) is 11.8 Å². The molecule has 1 rings (SSSR count). The molecule has 0 saturated heterocycles. The smallest absolute Gasteiger partial charge is 0.138 e. The molecule has 0 aliphatic heterocycles. The van der Waals surface area contributed by atoms with Gasteiger partial charge >= 0.3 is 0 Å². The number of para-hydroxylation sites is 1. The number of anilines is 1. The summed E-state index contributed by atoms with van der Waals surface area (Å²) >= 11 is 0. The Balaban J connectivity index is 2.83. The number of aryl methyl sites for hydroxylation is 1. The third kappa shape index (κ3) is 3.16. The van der Waals surface area contributed by atoms with E-state index in [1.165, 1.54) is 0 Å². The zero-order chi connectivity index (χ0) is 12.1. The van der Waals surface area contributed by atoms with Gasteiger partial charge in [-0.1, -0.05) is 26.0 Å². The normalized spacial score (nSPS) is 12.2. The summed E-state index contributed by atoms with van der Waals surface area (Å²) in [5.74, 6) is 0.646. The lowest BCUT2D eigenvalue weighted by Gasteiger charge is -2.17. The number of aromatic hydroxyl groups is 1. The fourth-order valence-electron chi connectivity index (χ4n) is 1.63. The fraction of sp³-hybridized carbons (Fsp3) is 0.462. The van der Waals surface area contributed by atoms with Crippen molar-refractivity contribution in [2.75, 3.05) is 5.32 Å². The summed E-state index contributed by atoms with van der Waals surface area (Å²) in [6.45, 7) is 6.05. The van der Waals surface area contributed by atoms with Crippen LogP contribution in [0.4, 0.5) is 5.69 Å². The van der Waals surface area contributed by atoms with Crippen LogP contribution in [0.1, 0.15) is 25.8 Å². The van der Waals surface area contributed by atoms with Gasteiger partial charge in [-0.15, -0.1) is 0 Å². The Morgan fingerprint density at radius 1 is 1.44 bits per heavy atom. The number of hydrogen-bond donors (Lipinski definition) is 2. The Morgan fingerprint density at radius 3 is 2.62 bits per heavy atom. The number of phenols is 1. The second kappa shape index (κ2) is 5.41. The molecule has 0 bridgehead atoms. The molecule has 0 aromatic heterocycles. The zero-order valence-corrected chi connectivity index (χ0v) is 9.99. The monoisotopic (exact) mass is 218 g/mol. The van der Waals surface area contributed by atoms with E-state index in [9.17, 15) is 5.11 Å². The van der Waals surface area contributed by atoms with Crippen LogP contribution in [0, 0.1) is 24.2 Å². The van der Waals surface area contributed by atoms with Crippen LogP contribution < -0.4 is 5.32 Å². The molecule has 0 fully saturated rings. The van der Waals surface area contributed by atoms with Gasteiger partial charge in [-0.05, 0) is 30.9 Å². The van der Waals surface area contributed by atoms with Crippen LogP contribution in [0.5, 0.6) is 5.75 Å². The lowest BCUT2D eigenvalue weighted by Crippen LogP contribution is -2.20. The Kier molecular flexibility index (Phi) is 4.19. The second-order valence-electron chi connectivity index (χ2n) is 4.42. The maximum Gasteiger partial charge on any atom is 0.138 e. The molecule has 0 aliphatic rings. The van der Waals surface area contributed by atoms with Gasteiger partial charge in [0.15, 0.2) is 0 Å². The SMILES string of the molecule is Cc1cccc(O)c1N[C@@H](C#N)CC(C)C. The van der Waals surface area contributed by atoms with E-state index in [0.717, 1.165) is 12.0 Å². The molecule has 16 heavy (non-hydrogen) atoms. The number of benzene rings is 1. The topological polar surface area (TPSA) is 56.0 Å². The number of nitrogens with zero attached hydrogens (tertiary/aromatic N) is 1. The van der Waals surface area contributed by atoms with Crippen LogP contribution >= 0.6 is 0 Å². The van der Waals surface area contributed by atoms with Gasteiger partial charge < -0.3 is 10.4 Å². The molecule has 3 heteroatoms. The highest BCUT2D eigenvalue weighted by molar-refractivity contribution is 5.61. The van der Waals surface area contributed by atoms with E-state index in [-0.39, 0.29) is 11.8 Å². The van der Waals surface area contributed by atoms with Crippen LogP contribution in [0.3, 0.4) is 0 Å². The maximum atomic E-state index is 9.70. The van der Waals surface area contributed by atoms with Crippen LogP contribution in [0.2, 0.25) is 0 Å². The average Bonchev–Trinajstić information content (AvgIpc) is 2.21. The molecule has 86 valence electrons. The van der Waals surface area contributed by atoms with Crippen molar-refractivity contribution in [2.45, 2.75) is 33.2 Å². The lowest BCUT2D eigenvalue weighted by molar-refractivity contribution is 0.475. The first-order valence-corrected chi connectivity index (χ1v) is 5.49. The molecule has 0 aliphatic carbocycles. The van der Waals surface area contributed by atoms with Gasteiger partial charge in [0.2, 0.25) is 0 Å². The van der Waals surface area contributed by atoms with Crippen molar-refractivity contribution in [2.24, 2.45) is 5.92 Å². The maximum absolute atomic E-state index is 9.70. The third-order valence-electron chi connectivity index (χ3n) is 2.43. The highest BCUT2D eigenvalue weighted by Crippen LogP contribution is 2.27. The zero-order valence-electron chi connectivity index (χ0n) is 9.99. The van der Waals surface area contributed by atoms with Crippen LogP contribution in [0.25, 0.3) is 0 Å². The minimum atomic E-state index is -0.257. The van der Waals surface area contributed by atoms with E-state index in [4.69, 9.17) is 5.26 Å². The van der Waals surface area contributed by atoms with Crippen molar-refractivity contribution in [3.63, 3.8) is 0 Å². The van der Waals surface area contributed by atoms with E-state index < -0.39 is 0 Å². The number of hydrogen-bond acceptors (Lipinski definition) is 3. The predicted octanol–water partition coefficient (Wildman–Crippen LogP) is 3.05. The van der Waals surface area contributed by atoms with Gasteiger partial charge in [-0.25, -0.2) is 0 Å². The highest BCUT2D eigenvalue weighted by Gasteiger charge is 2.12. The van der Waals surface area contributed by atoms with Crippen molar-refractivity contribution < 1.29 is 5.11 Å². The molecule has 0 amide bonds. The van der Waals surface area contributed by atoms with Crippen LogP contribution in [-0.4, -0.2) is 11.1 Å². The largest absolute Gasteiger partial charge is 0.506 e. The molecule has 0 saturated carbocycles. The fourth-order valence-corrected chi connectivity index (χ4v) is 1.63. The molecule has 1 atom stereocenters. The van der Waals surface area contributed by atoms with E-state index in [1.807, 2.05) is 13.0 Å². The predicted molar refractivity (Wildman–Crippen MR) is 65.3 cm³/mol.